The molecule has 1 aromatic carbocycles. The van der Waals surface area contributed by atoms with Gasteiger partial charge in [0.25, 0.3) is 5.91 Å². The molecule has 1 amide bonds. The molecule has 8 nitrogen and oxygen atoms in total. The highest BCUT2D eigenvalue weighted by Gasteiger charge is 2.80. The lowest BCUT2D eigenvalue weighted by Gasteiger charge is -2.63. The molecule has 1 aliphatic heterocycles. The number of hydrogen-bond donors (Lipinski definition) is 3. The minimum Gasteiger partial charge on any atom is -0.480 e. The number of aliphatic hydroxyl groups excluding tert-OH is 2. The Morgan fingerprint density at radius 1 is 1.07 bits per heavy atom. The van der Waals surface area contributed by atoms with E-state index in [2.05, 4.69) is 0 Å². The van der Waals surface area contributed by atoms with Gasteiger partial charge in [-0.15, -0.1) is 0 Å². The van der Waals surface area contributed by atoms with E-state index >= 15 is 8.78 Å². The highest BCUT2D eigenvalue weighted by Crippen LogP contribution is 2.75. The van der Waals surface area contributed by atoms with Crippen LogP contribution in [0.4, 0.5) is 8.78 Å². The van der Waals surface area contributed by atoms with Gasteiger partial charge in [-0.25, -0.2) is 13.6 Å². The minimum atomic E-state index is -2.40. The van der Waals surface area contributed by atoms with E-state index < -0.39 is 88.0 Å². The van der Waals surface area contributed by atoms with Gasteiger partial charge in [-0.2, -0.15) is 0 Å². The van der Waals surface area contributed by atoms with Crippen molar-refractivity contribution in [3.05, 3.63) is 59.7 Å². The van der Waals surface area contributed by atoms with Gasteiger partial charge in [-0.3, -0.25) is 14.4 Å². The van der Waals surface area contributed by atoms with E-state index in [0.29, 0.717) is 0 Å². The average molecular weight is 570 g/mol. The van der Waals surface area contributed by atoms with Crippen molar-refractivity contribution in [3.63, 3.8) is 0 Å². The number of nitrogens with zero attached hydrogens (tertiary/aromatic N) is 1. The number of amides is 1. The second kappa shape index (κ2) is 8.88. The SMILES string of the molecule is C[C@]12C=CC(=O)C=C1[C@@H](F)C[C@H]1[C@@H]3C[C@H]4C(C(=O)O)N(C(=O)c5ccccc5)C[C@@]4(C(=O)CO)[C@@]3(C)C[C@H](O)[C@@]12F. The number of aliphatic hydroxyl groups is 2. The van der Waals surface area contributed by atoms with Crippen LogP contribution >= 0.6 is 0 Å². The Labute approximate surface area is 235 Å². The van der Waals surface area contributed by atoms with Gasteiger partial charge < -0.3 is 20.2 Å². The Bertz CT molecular complexity index is 1410. The van der Waals surface area contributed by atoms with Gasteiger partial charge >= 0.3 is 5.97 Å². The summed E-state index contributed by atoms with van der Waals surface area (Å²) in [5.41, 5.74) is -6.70. The number of fused-ring (bicyclic) bond motifs is 7. The van der Waals surface area contributed by atoms with Gasteiger partial charge in [0, 0.05) is 29.4 Å². The summed E-state index contributed by atoms with van der Waals surface area (Å²) >= 11 is 0. The van der Waals surface area contributed by atoms with Crippen LogP contribution in [0.2, 0.25) is 0 Å². The predicted octanol–water partition coefficient (Wildman–Crippen LogP) is 2.69. The molecule has 1 aromatic rings. The molecule has 6 rings (SSSR count). The summed E-state index contributed by atoms with van der Waals surface area (Å²) < 4.78 is 33.4. The first-order valence-corrected chi connectivity index (χ1v) is 14.0. The first-order valence-electron chi connectivity index (χ1n) is 14.0. The lowest BCUT2D eigenvalue weighted by molar-refractivity contribution is -0.211. The zero-order valence-corrected chi connectivity index (χ0v) is 22.8. The quantitative estimate of drug-likeness (QED) is 0.508. The minimum absolute atomic E-state index is 0.00861. The van der Waals surface area contributed by atoms with Gasteiger partial charge in [0.05, 0.1) is 11.5 Å². The van der Waals surface area contributed by atoms with Crippen molar-refractivity contribution in [1.82, 2.24) is 4.90 Å². The predicted molar refractivity (Wildman–Crippen MR) is 141 cm³/mol. The Morgan fingerprint density at radius 2 is 1.76 bits per heavy atom. The molecular weight excluding hydrogens is 536 g/mol. The molecule has 0 bridgehead atoms. The fraction of sp³-hybridized carbons (Fsp3) is 0.548. The zero-order valence-electron chi connectivity index (χ0n) is 22.8. The molecule has 41 heavy (non-hydrogen) atoms. The average Bonchev–Trinajstić information content (AvgIpc) is 3.41. The number of ketones is 2. The van der Waals surface area contributed by atoms with E-state index in [4.69, 9.17) is 0 Å². The fourth-order valence-electron chi connectivity index (χ4n) is 9.68. The van der Waals surface area contributed by atoms with Crippen LogP contribution in [0, 0.1) is 34.0 Å². The van der Waals surface area contributed by atoms with Crippen LogP contribution in [0.25, 0.3) is 0 Å². The normalized spacial score (nSPS) is 44.4. The Hall–Kier alpha value is -3.24. The van der Waals surface area contributed by atoms with Gasteiger partial charge in [0.15, 0.2) is 17.2 Å². The number of allylic oxidation sites excluding steroid dienone is 4. The number of halogens is 2. The highest BCUT2D eigenvalue weighted by atomic mass is 19.1. The zero-order chi connectivity index (χ0) is 29.7. The van der Waals surface area contributed by atoms with Gasteiger partial charge in [0.1, 0.15) is 18.8 Å². The van der Waals surface area contributed by atoms with Gasteiger partial charge in [0.2, 0.25) is 0 Å². The number of carboxylic acids is 1. The summed E-state index contributed by atoms with van der Waals surface area (Å²) in [7, 11) is 0. The lowest BCUT2D eigenvalue weighted by Crippen LogP contribution is -2.69. The van der Waals surface area contributed by atoms with Crippen LogP contribution in [0.15, 0.2) is 54.1 Å². The number of hydrogen-bond acceptors (Lipinski definition) is 6. The summed E-state index contributed by atoms with van der Waals surface area (Å²) in [5, 5.41) is 32.2. The molecule has 3 N–H and O–H groups in total. The van der Waals surface area contributed by atoms with Crippen LogP contribution in [-0.4, -0.2) is 80.8 Å². The lowest BCUT2D eigenvalue weighted by atomic mass is 9.43. The van der Waals surface area contributed by atoms with Crippen LogP contribution < -0.4 is 0 Å². The third-order valence-corrected chi connectivity index (χ3v) is 11.5. The number of Topliss-reactive ketones (excluding diaryl/α,β-unsaturated/α-hetero) is 1. The maximum absolute atomic E-state index is 17.6. The van der Waals surface area contributed by atoms with Crippen LogP contribution in [0.5, 0.6) is 0 Å². The van der Waals surface area contributed by atoms with E-state index in [0.717, 1.165) is 11.0 Å². The van der Waals surface area contributed by atoms with E-state index in [1.807, 2.05) is 0 Å². The molecule has 5 aliphatic rings. The van der Waals surface area contributed by atoms with Crippen LogP contribution in [0.1, 0.15) is 43.5 Å². The van der Waals surface area contributed by atoms with Gasteiger partial charge in [-0.05, 0) is 67.4 Å². The number of rotatable bonds is 4. The number of benzene rings is 1. The van der Waals surface area contributed by atoms with Crippen LogP contribution in [-0.2, 0) is 14.4 Å². The van der Waals surface area contributed by atoms with Crippen LogP contribution in [0.3, 0.4) is 0 Å². The maximum Gasteiger partial charge on any atom is 0.326 e. The van der Waals surface area contributed by atoms with Crippen molar-refractivity contribution in [2.75, 3.05) is 13.2 Å². The Balaban J connectivity index is 1.49. The molecule has 218 valence electrons. The number of aliphatic carboxylic acids is 1. The molecule has 10 atom stereocenters. The second-order valence-electron chi connectivity index (χ2n) is 12.8. The summed E-state index contributed by atoms with van der Waals surface area (Å²) in [6, 6.07) is 6.61. The smallest absolute Gasteiger partial charge is 0.326 e. The molecule has 0 aromatic heterocycles. The molecule has 0 spiro atoms. The van der Waals surface area contributed by atoms with Crippen molar-refractivity contribution in [2.45, 2.75) is 57.1 Å². The summed E-state index contributed by atoms with van der Waals surface area (Å²) in [6.07, 6.45) is -0.424. The summed E-state index contributed by atoms with van der Waals surface area (Å²) in [6.45, 7) is 1.90. The van der Waals surface area contributed by atoms with Crippen molar-refractivity contribution in [3.8, 4) is 0 Å². The standard InChI is InChI=1S/C31H33F2NO7/c1-28-9-8-17(36)10-20(28)22(32)12-19-18-11-21-25(27(40)41)34(26(39)16-6-4-3-5-7-16)15-30(21,24(38)14-35)29(18,2)13-23(37)31(19,28)33/h3-10,18-19,21-23,25,35,37H,11-15H2,1-2H3,(H,40,41)/t18-,19-,21-,22-,23-,25?,28-,29-,30+,31-/m0/s1. The monoisotopic (exact) mass is 569 g/mol. The first-order chi connectivity index (χ1) is 19.3. The largest absolute Gasteiger partial charge is 0.480 e. The van der Waals surface area contributed by atoms with Crippen molar-refractivity contribution >= 4 is 23.4 Å². The maximum atomic E-state index is 17.6. The van der Waals surface area contributed by atoms with Gasteiger partial charge in [-0.1, -0.05) is 31.2 Å². The van der Waals surface area contributed by atoms with E-state index in [-0.39, 0.29) is 36.9 Å². The van der Waals surface area contributed by atoms with E-state index in [9.17, 15) is 34.5 Å². The van der Waals surface area contributed by atoms with E-state index in [1.165, 1.54) is 19.1 Å². The fourth-order valence-corrected chi connectivity index (χ4v) is 9.68. The first kappa shape index (κ1) is 27.9. The molecule has 3 saturated carbocycles. The van der Waals surface area contributed by atoms with Crippen molar-refractivity contribution in [2.24, 2.45) is 34.0 Å². The molecule has 10 heteroatoms. The number of carboxylic acid groups (broad SMARTS) is 1. The molecule has 0 radical (unpaired) electrons. The Kier molecular flexibility index (Phi) is 6.04. The third-order valence-electron chi connectivity index (χ3n) is 11.5. The summed E-state index contributed by atoms with van der Waals surface area (Å²) in [4.78, 5) is 53.4. The molecule has 1 saturated heterocycles. The summed E-state index contributed by atoms with van der Waals surface area (Å²) in [5.74, 6) is -5.92. The van der Waals surface area contributed by atoms with Crippen molar-refractivity contribution in [1.29, 1.82) is 0 Å². The highest BCUT2D eigenvalue weighted by molar-refractivity contribution is 6.01. The number of alkyl halides is 2. The topological polar surface area (TPSA) is 132 Å². The number of carbonyl (C=O) groups is 4. The second-order valence-corrected chi connectivity index (χ2v) is 12.8. The Morgan fingerprint density at radius 3 is 2.39 bits per heavy atom. The number of likely N-dealkylation sites (tertiary alicyclic amines) is 1. The number of carbonyl (C=O) groups excluding carboxylic acids is 3. The molecule has 1 unspecified atom stereocenters. The molecule has 4 fully saturated rings. The molecule has 4 aliphatic carbocycles. The third kappa shape index (κ3) is 3.26. The molecular formula is C31H33F2NO7. The van der Waals surface area contributed by atoms with E-state index in [1.54, 1.807) is 37.3 Å². The molecule has 1 heterocycles. The van der Waals surface area contributed by atoms with Crippen molar-refractivity contribution < 1.29 is 43.3 Å².